The van der Waals surface area contributed by atoms with Crippen molar-refractivity contribution in [1.82, 2.24) is 5.32 Å². The Morgan fingerprint density at radius 2 is 2.00 bits per heavy atom. The van der Waals surface area contributed by atoms with Crippen molar-refractivity contribution in [2.45, 2.75) is 57.1 Å². The van der Waals surface area contributed by atoms with Crippen LogP contribution in [0.3, 0.4) is 0 Å². The molecule has 0 aromatic heterocycles. The van der Waals surface area contributed by atoms with Crippen LogP contribution in [0.25, 0.3) is 0 Å². The summed E-state index contributed by atoms with van der Waals surface area (Å²) in [5.41, 5.74) is 0. The number of hydrogen-bond donors (Lipinski definition) is 1. The van der Waals surface area contributed by atoms with Crippen molar-refractivity contribution >= 4 is 0 Å². The second kappa shape index (κ2) is 5.13. The molecule has 2 unspecified atom stereocenters. The fourth-order valence-electron chi connectivity index (χ4n) is 2.98. The van der Waals surface area contributed by atoms with E-state index in [9.17, 15) is 0 Å². The Morgan fingerprint density at radius 1 is 1.21 bits per heavy atom. The highest BCUT2D eigenvalue weighted by molar-refractivity contribution is 4.83. The van der Waals surface area contributed by atoms with Crippen molar-refractivity contribution in [2.24, 2.45) is 5.92 Å². The minimum absolute atomic E-state index is 0.501. The van der Waals surface area contributed by atoms with Gasteiger partial charge in [-0.25, -0.2) is 0 Å². The van der Waals surface area contributed by atoms with Crippen LogP contribution in [0.1, 0.15) is 44.9 Å². The molecule has 1 N–H and O–H groups in total. The van der Waals surface area contributed by atoms with E-state index in [2.05, 4.69) is 12.4 Å². The first-order chi connectivity index (χ1) is 6.90. The zero-order chi connectivity index (χ0) is 9.80. The van der Waals surface area contributed by atoms with Gasteiger partial charge in [0.05, 0.1) is 6.10 Å². The molecule has 14 heavy (non-hydrogen) atoms. The highest BCUT2D eigenvalue weighted by Crippen LogP contribution is 2.30. The van der Waals surface area contributed by atoms with E-state index < -0.39 is 0 Å². The monoisotopic (exact) mass is 197 g/mol. The third-order valence-electron chi connectivity index (χ3n) is 3.85. The number of ether oxygens (including phenoxy) is 1. The van der Waals surface area contributed by atoms with Crippen LogP contribution in [0, 0.1) is 5.92 Å². The van der Waals surface area contributed by atoms with E-state index in [0.717, 1.165) is 12.5 Å². The molecule has 2 atom stereocenters. The van der Waals surface area contributed by atoms with Gasteiger partial charge in [-0.2, -0.15) is 0 Å². The van der Waals surface area contributed by atoms with Crippen LogP contribution in [0.2, 0.25) is 0 Å². The maximum atomic E-state index is 5.75. The summed E-state index contributed by atoms with van der Waals surface area (Å²) in [7, 11) is 2.08. The lowest BCUT2D eigenvalue weighted by molar-refractivity contribution is 0.0726. The van der Waals surface area contributed by atoms with Crippen molar-refractivity contribution in [3.8, 4) is 0 Å². The Labute approximate surface area is 87.4 Å². The van der Waals surface area contributed by atoms with E-state index in [0.29, 0.717) is 12.1 Å². The lowest BCUT2D eigenvalue weighted by Crippen LogP contribution is -2.38. The molecule has 0 spiro atoms. The van der Waals surface area contributed by atoms with Crippen LogP contribution >= 0.6 is 0 Å². The van der Waals surface area contributed by atoms with E-state index in [4.69, 9.17) is 4.74 Å². The number of hydrogen-bond acceptors (Lipinski definition) is 2. The molecule has 0 aromatic carbocycles. The Kier molecular flexibility index (Phi) is 3.82. The van der Waals surface area contributed by atoms with Crippen molar-refractivity contribution in [3.63, 3.8) is 0 Å². The molecule has 0 radical (unpaired) electrons. The van der Waals surface area contributed by atoms with Crippen LogP contribution in [0.4, 0.5) is 0 Å². The summed E-state index contributed by atoms with van der Waals surface area (Å²) < 4.78 is 5.75. The Bertz CT molecular complexity index is 160. The lowest BCUT2D eigenvalue weighted by atomic mass is 9.94. The van der Waals surface area contributed by atoms with Crippen molar-refractivity contribution in [3.05, 3.63) is 0 Å². The molecular formula is C12H23NO. The van der Waals surface area contributed by atoms with Gasteiger partial charge in [0.15, 0.2) is 0 Å². The fourth-order valence-corrected chi connectivity index (χ4v) is 2.98. The van der Waals surface area contributed by atoms with Gasteiger partial charge < -0.3 is 10.1 Å². The molecular weight excluding hydrogens is 174 g/mol. The molecule has 2 fully saturated rings. The second-order valence-electron chi connectivity index (χ2n) is 4.83. The number of likely N-dealkylation sites (N-methyl/N-ethyl adjacent to an activating group) is 1. The molecule has 1 saturated heterocycles. The van der Waals surface area contributed by atoms with Gasteiger partial charge in [0.2, 0.25) is 0 Å². The van der Waals surface area contributed by atoms with Crippen molar-refractivity contribution in [2.75, 3.05) is 13.7 Å². The molecule has 1 heterocycles. The summed E-state index contributed by atoms with van der Waals surface area (Å²) in [5.74, 6) is 0.969. The lowest BCUT2D eigenvalue weighted by Gasteiger charge is -2.25. The van der Waals surface area contributed by atoms with Crippen LogP contribution in [-0.2, 0) is 4.74 Å². The maximum absolute atomic E-state index is 5.75. The van der Waals surface area contributed by atoms with E-state index in [1.807, 2.05) is 0 Å². The Morgan fingerprint density at radius 3 is 2.57 bits per heavy atom. The van der Waals surface area contributed by atoms with E-state index in [-0.39, 0.29) is 0 Å². The summed E-state index contributed by atoms with van der Waals surface area (Å²) in [6.45, 7) is 0.980. The normalized spacial score (nSPS) is 31.1. The second-order valence-corrected chi connectivity index (χ2v) is 4.83. The molecule has 2 aliphatic rings. The third-order valence-corrected chi connectivity index (χ3v) is 3.85. The predicted molar refractivity (Wildman–Crippen MR) is 58.4 cm³/mol. The quantitative estimate of drug-likeness (QED) is 0.747. The maximum Gasteiger partial charge on any atom is 0.0728 e. The number of nitrogens with one attached hydrogen (secondary N) is 1. The molecule has 0 bridgehead atoms. The fraction of sp³-hybridized carbons (Fsp3) is 1.00. The van der Waals surface area contributed by atoms with Gasteiger partial charge in [0.25, 0.3) is 0 Å². The summed E-state index contributed by atoms with van der Waals surface area (Å²) in [4.78, 5) is 0. The van der Waals surface area contributed by atoms with Gasteiger partial charge >= 0.3 is 0 Å². The summed E-state index contributed by atoms with van der Waals surface area (Å²) in [6, 6.07) is 0.612. The molecule has 1 saturated carbocycles. The minimum atomic E-state index is 0.501. The van der Waals surface area contributed by atoms with Gasteiger partial charge in [-0.05, 0) is 32.2 Å². The SMILES string of the molecule is CNC(CC1CCCC1)C1CCCO1. The molecule has 0 aromatic rings. The zero-order valence-electron chi connectivity index (χ0n) is 9.30. The largest absolute Gasteiger partial charge is 0.377 e. The molecule has 1 aliphatic heterocycles. The van der Waals surface area contributed by atoms with Gasteiger partial charge in [-0.3, -0.25) is 0 Å². The first kappa shape index (κ1) is 10.4. The molecule has 2 rings (SSSR count). The molecule has 82 valence electrons. The first-order valence-electron chi connectivity index (χ1n) is 6.19. The van der Waals surface area contributed by atoms with E-state index >= 15 is 0 Å². The zero-order valence-corrected chi connectivity index (χ0v) is 9.30. The van der Waals surface area contributed by atoms with Gasteiger partial charge in [-0.15, -0.1) is 0 Å². The van der Waals surface area contributed by atoms with Crippen molar-refractivity contribution in [1.29, 1.82) is 0 Å². The Hall–Kier alpha value is -0.0800. The van der Waals surface area contributed by atoms with Crippen LogP contribution in [0.15, 0.2) is 0 Å². The minimum Gasteiger partial charge on any atom is -0.377 e. The van der Waals surface area contributed by atoms with Gasteiger partial charge in [-0.1, -0.05) is 25.7 Å². The van der Waals surface area contributed by atoms with Crippen molar-refractivity contribution < 1.29 is 4.74 Å². The molecule has 1 aliphatic carbocycles. The van der Waals surface area contributed by atoms with Crippen LogP contribution in [-0.4, -0.2) is 25.8 Å². The molecule has 2 nitrogen and oxygen atoms in total. The Balaban J connectivity index is 1.79. The highest BCUT2D eigenvalue weighted by atomic mass is 16.5. The van der Waals surface area contributed by atoms with Crippen LogP contribution in [0.5, 0.6) is 0 Å². The standard InChI is InChI=1S/C12H23NO/c1-13-11(12-7-4-8-14-12)9-10-5-2-3-6-10/h10-13H,2-9H2,1H3. The summed E-state index contributed by atoms with van der Waals surface area (Å²) in [6.07, 6.45) is 10.2. The summed E-state index contributed by atoms with van der Waals surface area (Å²) in [5, 5.41) is 3.45. The van der Waals surface area contributed by atoms with Gasteiger partial charge in [0.1, 0.15) is 0 Å². The van der Waals surface area contributed by atoms with Gasteiger partial charge in [0, 0.05) is 12.6 Å². The third kappa shape index (κ3) is 2.48. The highest BCUT2D eigenvalue weighted by Gasteiger charge is 2.28. The van der Waals surface area contributed by atoms with E-state index in [1.165, 1.54) is 44.9 Å². The summed E-state index contributed by atoms with van der Waals surface area (Å²) >= 11 is 0. The van der Waals surface area contributed by atoms with Crippen LogP contribution < -0.4 is 5.32 Å². The number of rotatable bonds is 4. The smallest absolute Gasteiger partial charge is 0.0728 e. The average molecular weight is 197 g/mol. The molecule has 2 heteroatoms. The van der Waals surface area contributed by atoms with E-state index in [1.54, 1.807) is 0 Å². The average Bonchev–Trinajstić information content (AvgIpc) is 2.86. The first-order valence-corrected chi connectivity index (χ1v) is 6.19. The predicted octanol–water partition coefficient (Wildman–Crippen LogP) is 2.33. The molecule has 0 amide bonds. The topological polar surface area (TPSA) is 21.3 Å².